The third-order valence-corrected chi connectivity index (χ3v) is 4.88. The molecule has 0 spiro atoms. The zero-order chi connectivity index (χ0) is 17.7. The monoisotopic (exact) mass is 340 g/mol. The van der Waals surface area contributed by atoms with Gasteiger partial charge in [-0.1, -0.05) is 48.5 Å². The second-order valence-electron chi connectivity index (χ2n) is 6.41. The number of hydrogen-bond donors (Lipinski definition) is 2. The van der Waals surface area contributed by atoms with Crippen molar-refractivity contribution in [2.24, 2.45) is 5.73 Å². The van der Waals surface area contributed by atoms with Gasteiger partial charge in [0.1, 0.15) is 0 Å². The minimum absolute atomic E-state index is 0.241. The summed E-state index contributed by atoms with van der Waals surface area (Å²) < 4.78 is 1.57. The van der Waals surface area contributed by atoms with Gasteiger partial charge in [-0.15, -0.1) is 0 Å². The van der Waals surface area contributed by atoms with Gasteiger partial charge in [0, 0.05) is 23.7 Å². The number of rotatable bonds is 2. The molecule has 2 heterocycles. The van der Waals surface area contributed by atoms with E-state index in [1.54, 1.807) is 4.40 Å². The molecular weight excluding hydrogens is 324 g/mol. The van der Waals surface area contributed by atoms with Crippen LogP contribution in [-0.4, -0.2) is 14.6 Å². The molecule has 0 fully saturated rings. The Bertz CT molecular complexity index is 1330. The van der Waals surface area contributed by atoms with Gasteiger partial charge in [-0.05, 0) is 39.4 Å². The highest BCUT2D eigenvalue weighted by Gasteiger charge is 2.13. The first-order chi connectivity index (χ1) is 12.7. The van der Waals surface area contributed by atoms with Crippen molar-refractivity contribution in [3.05, 3.63) is 82.9 Å². The average molecular weight is 340 g/mol. The van der Waals surface area contributed by atoms with Gasteiger partial charge >= 0.3 is 5.69 Å². The number of nitrogens with zero attached hydrogens (tertiary/aromatic N) is 2. The van der Waals surface area contributed by atoms with Crippen molar-refractivity contribution in [2.45, 2.75) is 6.54 Å². The molecular formula is C21H16N4O. The van der Waals surface area contributed by atoms with Gasteiger partial charge in [0.05, 0.1) is 0 Å². The number of aromatic nitrogens is 3. The summed E-state index contributed by atoms with van der Waals surface area (Å²) in [6.07, 6.45) is 1.86. The molecule has 0 bridgehead atoms. The molecule has 0 aliphatic rings. The molecule has 0 aliphatic heterocycles. The first-order valence-corrected chi connectivity index (χ1v) is 8.46. The third kappa shape index (κ3) is 2.14. The van der Waals surface area contributed by atoms with Crippen LogP contribution in [0, 0.1) is 0 Å². The molecule has 5 aromatic rings. The number of nitrogens with one attached hydrogen (secondary N) is 1. The fourth-order valence-corrected chi connectivity index (χ4v) is 3.51. The van der Waals surface area contributed by atoms with Crippen LogP contribution in [0.5, 0.6) is 0 Å². The van der Waals surface area contributed by atoms with E-state index >= 15 is 0 Å². The molecule has 0 radical (unpaired) electrons. The van der Waals surface area contributed by atoms with Crippen molar-refractivity contribution in [1.29, 1.82) is 0 Å². The number of pyridine rings is 1. The standard InChI is InChI=1S/C21H16N4O/c22-11-13-5-7-14(8-6-13)19-12-25-20(23-24-21(25)26)18-10-16-4-2-1-3-15(16)9-17(18)19/h1-10,12H,11,22H2,(H,24,26). The second kappa shape index (κ2) is 5.54. The summed E-state index contributed by atoms with van der Waals surface area (Å²) in [7, 11) is 0. The minimum Gasteiger partial charge on any atom is -0.326 e. The fraction of sp³-hybridized carbons (Fsp3) is 0.0476. The quantitative estimate of drug-likeness (QED) is 0.483. The van der Waals surface area contributed by atoms with Crippen LogP contribution in [0.1, 0.15) is 5.56 Å². The Morgan fingerprint density at radius 1 is 0.962 bits per heavy atom. The Morgan fingerprint density at radius 2 is 1.65 bits per heavy atom. The van der Waals surface area contributed by atoms with Crippen molar-refractivity contribution in [3.63, 3.8) is 0 Å². The number of H-pyrrole nitrogens is 1. The van der Waals surface area contributed by atoms with Crippen molar-refractivity contribution >= 4 is 27.2 Å². The molecule has 3 N–H and O–H groups in total. The molecule has 0 atom stereocenters. The SMILES string of the molecule is NCc1ccc(-c2cn3c(=O)[nH]nc3c3cc4ccccc4cc23)cc1. The van der Waals surface area contributed by atoms with E-state index in [1.807, 2.05) is 42.6 Å². The Labute approximate surface area is 148 Å². The van der Waals surface area contributed by atoms with E-state index in [-0.39, 0.29) is 5.69 Å². The van der Waals surface area contributed by atoms with E-state index in [0.29, 0.717) is 12.2 Å². The van der Waals surface area contributed by atoms with Gasteiger partial charge < -0.3 is 5.73 Å². The van der Waals surface area contributed by atoms with Crippen molar-refractivity contribution in [1.82, 2.24) is 14.6 Å². The summed E-state index contributed by atoms with van der Waals surface area (Å²) in [6.45, 7) is 0.506. The molecule has 126 valence electrons. The number of aromatic amines is 1. The maximum atomic E-state index is 12.2. The highest BCUT2D eigenvalue weighted by molar-refractivity contribution is 6.09. The third-order valence-electron chi connectivity index (χ3n) is 4.88. The van der Waals surface area contributed by atoms with Crippen molar-refractivity contribution < 1.29 is 0 Å². The molecule has 0 aliphatic carbocycles. The number of fused-ring (bicyclic) bond motifs is 4. The number of benzene rings is 3. The second-order valence-corrected chi connectivity index (χ2v) is 6.41. The maximum Gasteiger partial charge on any atom is 0.347 e. The number of hydrogen-bond acceptors (Lipinski definition) is 3. The molecule has 5 heteroatoms. The van der Waals surface area contributed by atoms with Crippen LogP contribution in [0.4, 0.5) is 0 Å². The topological polar surface area (TPSA) is 76.2 Å². The Balaban J connectivity index is 1.94. The smallest absolute Gasteiger partial charge is 0.326 e. The van der Waals surface area contributed by atoms with Gasteiger partial charge in [0.2, 0.25) is 0 Å². The summed E-state index contributed by atoms with van der Waals surface area (Å²) in [5, 5.41) is 11.1. The normalized spacial score (nSPS) is 11.6. The molecule has 5 rings (SSSR count). The maximum absolute atomic E-state index is 12.2. The van der Waals surface area contributed by atoms with Crippen molar-refractivity contribution in [3.8, 4) is 11.1 Å². The zero-order valence-corrected chi connectivity index (χ0v) is 13.9. The summed E-state index contributed by atoms with van der Waals surface area (Å²) in [4.78, 5) is 12.2. The highest BCUT2D eigenvalue weighted by atomic mass is 16.1. The molecule has 0 unspecified atom stereocenters. The van der Waals surface area contributed by atoms with Crippen LogP contribution in [0.3, 0.4) is 0 Å². The average Bonchev–Trinajstić information content (AvgIpc) is 3.07. The van der Waals surface area contributed by atoms with Crippen LogP contribution < -0.4 is 11.4 Å². The van der Waals surface area contributed by atoms with Crippen LogP contribution in [0.2, 0.25) is 0 Å². The van der Waals surface area contributed by atoms with Crippen LogP contribution >= 0.6 is 0 Å². The van der Waals surface area contributed by atoms with Gasteiger partial charge in [0.15, 0.2) is 5.65 Å². The Kier molecular flexibility index (Phi) is 3.17. The number of nitrogens with two attached hydrogens (primary N) is 1. The predicted octanol–water partition coefficient (Wildman–Crippen LogP) is 3.45. The zero-order valence-electron chi connectivity index (χ0n) is 13.9. The van der Waals surface area contributed by atoms with Crippen LogP contribution in [-0.2, 0) is 6.54 Å². The largest absolute Gasteiger partial charge is 0.347 e. The lowest BCUT2D eigenvalue weighted by Gasteiger charge is -2.11. The molecule has 5 nitrogen and oxygen atoms in total. The van der Waals surface area contributed by atoms with Crippen LogP contribution in [0.25, 0.3) is 38.3 Å². The Hall–Kier alpha value is -3.44. The van der Waals surface area contributed by atoms with E-state index in [0.717, 1.165) is 38.2 Å². The summed E-state index contributed by atoms with van der Waals surface area (Å²) in [6, 6.07) is 20.6. The predicted molar refractivity (Wildman–Crippen MR) is 104 cm³/mol. The Morgan fingerprint density at radius 3 is 2.35 bits per heavy atom. The molecule has 3 aromatic carbocycles. The first kappa shape index (κ1) is 14.9. The van der Waals surface area contributed by atoms with E-state index in [1.165, 1.54) is 0 Å². The lowest BCUT2D eigenvalue weighted by molar-refractivity contribution is 1.02. The van der Waals surface area contributed by atoms with Gasteiger partial charge in [-0.3, -0.25) is 0 Å². The lowest BCUT2D eigenvalue weighted by atomic mass is 9.97. The summed E-state index contributed by atoms with van der Waals surface area (Å²) >= 11 is 0. The van der Waals surface area contributed by atoms with Gasteiger partial charge in [-0.25, -0.2) is 14.3 Å². The highest BCUT2D eigenvalue weighted by Crippen LogP contribution is 2.33. The molecule has 0 saturated carbocycles. The molecule has 0 saturated heterocycles. The summed E-state index contributed by atoms with van der Waals surface area (Å²) in [5.74, 6) is 0. The summed E-state index contributed by atoms with van der Waals surface area (Å²) in [5.41, 5.74) is 9.21. The van der Waals surface area contributed by atoms with Crippen molar-refractivity contribution in [2.75, 3.05) is 0 Å². The lowest BCUT2D eigenvalue weighted by Crippen LogP contribution is -2.09. The molecule has 2 aromatic heterocycles. The molecule has 26 heavy (non-hydrogen) atoms. The first-order valence-electron chi connectivity index (χ1n) is 8.46. The molecule has 0 amide bonds. The van der Waals surface area contributed by atoms with Gasteiger partial charge in [-0.2, -0.15) is 5.10 Å². The fourth-order valence-electron chi connectivity index (χ4n) is 3.51. The van der Waals surface area contributed by atoms with Crippen LogP contribution in [0.15, 0.2) is 71.7 Å². The van der Waals surface area contributed by atoms with E-state index in [9.17, 15) is 4.79 Å². The minimum atomic E-state index is -0.241. The van der Waals surface area contributed by atoms with E-state index in [2.05, 4.69) is 34.5 Å². The van der Waals surface area contributed by atoms with Gasteiger partial charge in [0.25, 0.3) is 0 Å². The van der Waals surface area contributed by atoms with E-state index in [4.69, 9.17) is 5.73 Å². The van der Waals surface area contributed by atoms with E-state index < -0.39 is 0 Å².